The highest BCUT2D eigenvalue weighted by Gasteiger charge is 2.41. The lowest BCUT2D eigenvalue weighted by atomic mass is 9.98. The van der Waals surface area contributed by atoms with Crippen LogP contribution in [0.5, 0.6) is 0 Å². The minimum absolute atomic E-state index is 0.0257. The van der Waals surface area contributed by atoms with Gasteiger partial charge < -0.3 is 4.74 Å². The third-order valence-corrected chi connectivity index (χ3v) is 2.33. The first-order valence-corrected chi connectivity index (χ1v) is 4.88. The zero-order valence-electron chi connectivity index (χ0n) is 9.72. The van der Waals surface area contributed by atoms with Gasteiger partial charge in [0.15, 0.2) is 6.29 Å². The Bertz CT molecular complexity index is 544. The fourth-order valence-electron chi connectivity index (χ4n) is 1.47. The molecule has 0 atom stereocenters. The maximum atomic E-state index is 12.7. The number of esters is 1. The van der Waals surface area contributed by atoms with Crippen molar-refractivity contribution < 1.29 is 40.7 Å². The van der Waals surface area contributed by atoms with E-state index < -0.39 is 40.6 Å². The number of hydrogen-bond acceptors (Lipinski definition) is 3. The fraction of sp³-hybridized carbons (Fsp3) is 0.273. The van der Waals surface area contributed by atoms with Gasteiger partial charge in [-0.15, -0.1) is 0 Å². The van der Waals surface area contributed by atoms with E-state index in [1.807, 2.05) is 0 Å². The van der Waals surface area contributed by atoms with E-state index in [0.29, 0.717) is 0 Å². The minimum atomic E-state index is -5.11. The first-order chi connectivity index (χ1) is 9.02. The van der Waals surface area contributed by atoms with Crippen molar-refractivity contribution in [1.82, 2.24) is 0 Å². The fourth-order valence-corrected chi connectivity index (χ4v) is 1.47. The second-order valence-corrected chi connectivity index (χ2v) is 3.59. The summed E-state index contributed by atoms with van der Waals surface area (Å²) < 4.78 is 79.9. The van der Waals surface area contributed by atoms with Crippen LogP contribution in [-0.2, 0) is 17.1 Å². The van der Waals surface area contributed by atoms with Crippen molar-refractivity contribution in [2.45, 2.75) is 12.4 Å². The molecule has 0 aliphatic carbocycles. The van der Waals surface area contributed by atoms with Gasteiger partial charge in [-0.2, -0.15) is 26.3 Å². The predicted molar refractivity (Wildman–Crippen MR) is 53.2 cm³/mol. The van der Waals surface area contributed by atoms with Crippen LogP contribution in [0.4, 0.5) is 26.3 Å². The molecule has 0 saturated carbocycles. The van der Waals surface area contributed by atoms with Crippen molar-refractivity contribution in [2.75, 3.05) is 7.11 Å². The highest BCUT2D eigenvalue weighted by molar-refractivity contribution is 5.93. The molecule has 0 N–H and O–H groups in total. The van der Waals surface area contributed by atoms with Crippen LogP contribution in [0, 0.1) is 0 Å². The molecule has 0 radical (unpaired) electrons. The maximum absolute atomic E-state index is 12.7. The molecule has 1 aromatic rings. The molecule has 0 aromatic heterocycles. The molecule has 0 amide bonds. The SMILES string of the molecule is COC(=O)c1cc(C(F)(F)F)c(C=O)cc1C(F)(F)F. The summed E-state index contributed by atoms with van der Waals surface area (Å²) >= 11 is 0. The van der Waals surface area contributed by atoms with Crippen LogP contribution in [0.1, 0.15) is 31.8 Å². The van der Waals surface area contributed by atoms with Crippen molar-refractivity contribution in [2.24, 2.45) is 0 Å². The van der Waals surface area contributed by atoms with Crippen LogP contribution in [0.25, 0.3) is 0 Å². The van der Waals surface area contributed by atoms with Crippen LogP contribution in [0.15, 0.2) is 12.1 Å². The van der Waals surface area contributed by atoms with Gasteiger partial charge in [0.25, 0.3) is 0 Å². The average Bonchev–Trinajstić information content (AvgIpc) is 2.34. The molecule has 0 aliphatic heterocycles. The zero-order valence-corrected chi connectivity index (χ0v) is 9.72. The summed E-state index contributed by atoms with van der Waals surface area (Å²) in [4.78, 5) is 21.7. The molecular formula is C11H6F6O3. The molecular weight excluding hydrogens is 294 g/mol. The van der Waals surface area contributed by atoms with E-state index >= 15 is 0 Å². The van der Waals surface area contributed by atoms with Crippen molar-refractivity contribution in [1.29, 1.82) is 0 Å². The number of benzene rings is 1. The Kier molecular flexibility index (Phi) is 4.11. The van der Waals surface area contributed by atoms with Gasteiger partial charge in [0, 0.05) is 5.56 Å². The van der Waals surface area contributed by atoms with Gasteiger partial charge in [-0.05, 0) is 12.1 Å². The number of ether oxygens (including phenoxy) is 1. The predicted octanol–water partition coefficient (Wildman–Crippen LogP) is 3.32. The van der Waals surface area contributed by atoms with E-state index in [2.05, 4.69) is 4.74 Å². The lowest BCUT2D eigenvalue weighted by molar-refractivity contribution is -0.141. The minimum Gasteiger partial charge on any atom is -0.465 e. The molecule has 9 heteroatoms. The number of methoxy groups -OCH3 is 1. The Morgan fingerprint density at radius 2 is 1.55 bits per heavy atom. The van der Waals surface area contributed by atoms with Gasteiger partial charge in [0.05, 0.1) is 23.8 Å². The van der Waals surface area contributed by atoms with Gasteiger partial charge in [-0.25, -0.2) is 4.79 Å². The number of hydrogen-bond donors (Lipinski definition) is 0. The normalized spacial score (nSPS) is 12.2. The summed E-state index contributed by atoms with van der Waals surface area (Å²) in [5.41, 5.74) is -5.82. The zero-order chi connectivity index (χ0) is 15.7. The van der Waals surface area contributed by atoms with Gasteiger partial charge in [0.1, 0.15) is 0 Å². The Morgan fingerprint density at radius 1 is 1.05 bits per heavy atom. The second-order valence-electron chi connectivity index (χ2n) is 3.59. The Morgan fingerprint density at radius 3 is 1.90 bits per heavy atom. The number of alkyl halides is 6. The molecule has 0 aliphatic rings. The first-order valence-electron chi connectivity index (χ1n) is 4.88. The van der Waals surface area contributed by atoms with Crippen molar-refractivity contribution in [3.8, 4) is 0 Å². The number of halogens is 6. The molecule has 0 unspecified atom stereocenters. The second kappa shape index (κ2) is 5.14. The number of carbonyl (C=O) groups is 2. The van der Waals surface area contributed by atoms with E-state index in [4.69, 9.17) is 0 Å². The summed E-state index contributed by atoms with van der Waals surface area (Å²) in [5.74, 6) is -1.58. The molecule has 110 valence electrons. The van der Waals surface area contributed by atoms with E-state index in [9.17, 15) is 35.9 Å². The Balaban J connectivity index is 3.71. The molecule has 0 saturated heterocycles. The van der Waals surface area contributed by atoms with Crippen molar-refractivity contribution in [3.63, 3.8) is 0 Å². The van der Waals surface area contributed by atoms with Gasteiger partial charge in [-0.3, -0.25) is 4.79 Å². The van der Waals surface area contributed by atoms with Crippen molar-refractivity contribution >= 4 is 12.3 Å². The standard InChI is InChI=1S/C11H6F6O3/c1-20-9(19)6-3-7(10(12,13)14)5(4-18)2-8(6)11(15,16)17/h2-4H,1H3. The molecule has 0 fully saturated rings. The largest absolute Gasteiger partial charge is 0.465 e. The molecule has 20 heavy (non-hydrogen) atoms. The lowest BCUT2D eigenvalue weighted by Gasteiger charge is -2.16. The van der Waals surface area contributed by atoms with Gasteiger partial charge in [-0.1, -0.05) is 0 Å². The highest BCUT2D eigenvalue weighted by Crippen LogP contribution is 2.38. The first kappa shape index (κ1) is 16.0. The van der Waals surface area contributed by atoms with Crippen LogP contribution >= 0.6 is 0 Å². The van der Waals surface area contributed by atoms with Crippen LogP contribution in [0.2, 0.25) is 0 Å². The highest BCUT2D eigenvalue weighted by atomic mass is 19.4. The van der Waals surface area contributed by atoms with Gasteiger partial charge >= 0.3 is 18.3 Å². The molecule has 1 aromatic carbocycles. The molecule has 1 rings (SSSR count). The number of aldehydes is 1. The van der Waals surface area contributed by atoms with E-state index in [-0.39, 0.29) is 18.4 Å². The third-order valence-electron chi connectivity index (χ3n) is 2.33. The third kappa shape index (κ3) is 3.09. The van der Waals surface area contributed by atoms with E-state index in [1.54, 1.807) is 0 Å². The van der Waals surface area contributed by atoms with E-state index in [1.165, 1.54) is 0 Å². The van der Waals surface area contributed by atoms with Crippen LogP contribution < -0.4 is 0 Å². The molecule has 0 heterocycles. The quantitative estimate of drug-likeness (QED) is 0.478. The Hall–Kier alpha value is -2.06. The smallest absolute Gasteiger partial charge is 0.417 e. The summed E-state index contributed by atoms with van der Waals surface area (Å²) in [6.45, 7) is 0. The Labute approximate surface area is 108 Å². The monoisotopic (exact) mass is 300 g/mol. The summed E-state index contributed by atoms with van der Waals surface area (Å²) in [7, 11) is 0.726. The number of rotatable bonds is 2. The van der Waals surface area contributed by atoms with E-state index in [0.717, 1.165) is 7.11 Å². The summed E-state index contributed by atoms with van der Waals surface area (Å²) in [6.07, 6.45) is -10.5. The summed E-state index contributed by atoms with van der Waals surface area (Å²) in [5, 5.41) is 0. The average molecular weight is 300 g/mol. The topological polar surface area (TPSA) is 43.4 Å². The van der Waals surface area contributed by atoms with Crippen LogP contribution in [-0.4, -0.2) is 19.4 Å². The molecule has 0 bridgehead atoms. The van der Waals surface area contributed by atoms with Crippen molar-refractivity contribution in [3.05, 3.63) is 34.4 Å². The number of carbonyl (C=O) groups excluding carboxylic acids is 2. The van der Waals surface area contributed by atoms with Gasteiger partial charge in [0.2, 0.25) is 0 Å². The maximum Gasteiger partial charge on any atom is 0.417 e. The summed E-state index contributed by atoms with van der Waals surface area (Å²) in [6, 6.07) is -0.0690. The molecule has 0 spiro atoms. The lowest BCUT2D eigenvalue weighted by Crippen LogP contribution is -2.18. The van der Waals surface area contributed by atoms with Crippen LogP contribution in [0.3, 0.4) is 0 Å². The molecule has 3 nitrogen and oxygen atoms in total.